The standard InChI is InChI=1S/C18H29NOSi/c1-9-20-15(5)14(4)17-11-16(10-13(2)3)18(12-19-17)21(6,7)8/h11-13H,4-5,9-10H2,1-3,6-8H3. The highest BCUT2D eigenvalue weighted by atomic mass is 28.3. The molecule has 0 N–H and O–H groups in total. The number of allylic oxidation sites excluding steroid dienone is 1. The Morgan fingerprint density at radius 3 is 2.38 bits per heavy atom. The lowest BCUT2D eigenvalue weighted by molar-refractivity contribution is 0.247. The van der Waals surface area contributed by atoms with Crippen LogP contribution in [0.2, 0.25) is 19.6 Å². The molecule has 1 heterocycles. The molecule has 0 spiro atoms. The monoisotopic (exact) mass is 303 g/mol. The Morgan fingerprint density at radius 1 is 1.29 bits per heavy atom. The van der Waals surface area contributed by atoms with Crippen molar-refractivity contribution in [2.45, 2.75) is 46.8 Å². The average molecular weight is 304 g/mol. The van der Waals surface area contributed by atoms with Crippen molar-refractivity contribution in [1.82, 2.24) is 4.98 Å². The minimum Gasteiger partial charge on any atom is -0.494 e. The van der Waals surface area contributed by atoms with Crippen molar-refractivity contribution >= 4 is 18.8 Å². The van der Waals surface area contributed by atoms with E-state index < -0.39 is 8.07 Å². The molecule has 0 atom stereocenters. The Hall–Kier alpha value is -1.35. The summed E-state index contributed by atoms with van der Waals surface area (Å²) in [6, 6.07) is 2.18. The molecule has 1 aromatic heterocycles. The molecule has 0 amide bonds. The van der Waals surface area contributed by atoms with Gasteiger partial charge < -0.3 is 4.74 Å². The summed E-state index contributed by atoms with van der Waals surface area (Å²) >= 11 is 0. The van der Waals surface area contributed by atoms with Crippen LogP contribution in [-0.4, -0.2) is 19.7 Å². The fourth-order valence-electron chi connectivity index (χ4n) is 2.35. The number of rotatable bonds is 7. The molecule has 0 saturated heterocycles. The van der Waals surface area contributed by atoms with Gasteiger partial charge in [0.1, 0.15) is 5.76 Å². The summed E-state index contributed by atoms with van der Waals surface area (Å²) in [4.78, 5) is 4.61. The third kappa shape index (κ3) is 4.85. The van der Waals surface area contributed by atoms with E-state index in [0.29, 0.717) is 18.3 Å². The molecular weight excluding hydrogens is 274 g/mol. The summed E-state index contributed by atoms with van der Waals surface area (Å²) in [5.74, 6) is 1.24. The van der Waals surface area contributed by atoms with Gasteiger partial charge in [-0.25, -0.2) is 0 Å². The van der Waals surface area contributed by atoms with Crippen LogP contribution < -0.4 is 5.19 Å². The summed E-state index contributed by atoms with van der Waals surface area (Å²) in [5.41, 5.74) is 3.06. The molecule has 0 aromatic carbocycles. The van der Waals surface area contributed by atoms with Gasteiger partial charge in [0, 0.05) is 11.8 Å². The van der Waals surface area contributed by atoms with E-state index in [2.05, 4.69) is 57.7 Å². The molecule has 0 aliphatic carbocycles. The third-order valence-electron chi connectivity index (χ3n) is 3.39. The van der Waals surface area contributed by atoms with Crippen LogP contribution in [0.25, 0.3) is 5.57 Å². The van der Waals surface area contributed by atoms with Gasteiger partial charge in [0.05, 0.1) is 20.4 Å². The molecule has 0 saturated carbocycles. The molecule has 0 bridgehead atoms. The maximum absolute atomic E-state index is 5.45. The highest BCUT2D eigenvalue weighted by Crippen LogP contribution is 2.21. The summed E-state index contributed by atoms with van der Waals surface area (Å²) in [6.45, 7) is 22.2. The molecule has 0 fully saturated rings. The maximum atomic E-state index is 5.45. The van der Waals surface area contributed by atoms with Crippen LogP contribution in [0.15, 0.2) is 31.2 Å². The first-order chi connectivity index (χ1) is 9.66. The minimum absolute atomic E-state index is 0.601. The van der Waals surface area contributed by atoms with Gasteiger partial charge in [-0.15, -0.1) is 0 Å². The maximum Gasteiger partial charge on any atom is 0.120 e. The summed E-state index contributed by atoms with van der Waals surface area (Å²) < 4.78 is 5.45. The second-order valence-electron chi connectivity index (χ2n) is 6.91. The highest BCUT2D eigenvalue weighted by molar-refractivity contribution is 6.89. The molecule has 0 unspecified atom stereocenters. The molecule has 21 heavy (non-hydrogen) atoms. The van der Waals surface area contributed by atoms with Gasteiger partial charge >= 0.3 is 0 Å². The van der Waals surface area contributed by atoms with Crippen LogP contribution >= 0.6 is 0 Å². The van der Waals surface area contributed by atoms with Crippen molar-refractivity contribution in [1.29, 1.82) is 0 Å². The molecule has 1 rings (SSSR count). The van der Waals surface area contributed by atoms with Gasteiger partial charge in [-0.1, -0.05) is 46.6 Å². The number of hydrogen-bond donors (Lipinski definition) is 0. The third-order valence-corrected chi connectivity index (χ3v) is 5.46. The fourth-order valence-corrected chi connectivity index (χ4v) is 3.94. The zero-order valence-electron chi connectivity index (χ0n) is 14.4. The number of ether oxygens (including phenoxy) is 1. The Balaban J connectivity index is 3.21. The van der Waals surface area contributed by atoms with Crippen molar-refractivity contribution in [3.05, 3.63) is 42.4 Å². The average Bonchev–Trinajstić information content (AvgIpc) is 2.36. The van der Waals surface area contributed by atoms with Gasteiger partial charge in [-0.3, -0.25) is 4.98 Å². The molecule has 0 aliphatic heterocycles. The Morgan fingerprint density at radius 2 is 1.90 bits per heavy atom. The van der Waals surface area contributed by atoms with Crippen molar-refractivity contribution in [2.24, 2.45) is 5.92 Å². The topological polar surface area (TPSA) is 22.1 Å². The predicted molar refractivity (Wildman–Crippen MR) is 95.6 cm³/mol. The lowest BCUT2D eigenvalue weighted by Crippen LogP contribution is -2.41. The number of pyridine rings is 1. The number of aromatic nitrogens is 1. The highest BCUT2D eigenvalue weighted by Gasteiger charge is 2.22. The van der Waals surface area contributed by atoms with E-state index in [0.717, 1.165) is 17.7 Å². The van der Waals surface area contributed by atoms with E-state index in [9.17, 15) is 0 Å². The van der Waals surface area contributed by atoms with Crippen molar-refractivity contribution in [3.8, 4) is 0 Å². The zero-order valence-corrected chi connectivity index (χ0v) is 15.4. The van der Waals surface area contributed by atoms with Crippen LogP contribution in [0.4, 0.5) is 0 Å². The van der Waals surface area contributed by atoms with Crippen LogP contribution in [-0.2, 0) is 11.2 Å². The van der Waals surface area contributed by atoms with E-state index in [1.807, 2.05) is 13.1 Å². The Labute approximate surface area is 131 Å². The molecule has 1 aromatic rings. The van der Waals surface area contributed by atoms with Crippen molar-refractivity contribution in [3.63, 3.8) is 0 Å². The number of nitrogens with zero attached hydrogens (tertiary/aromatic N) is 1. The van der Waals surface area contributed by atoms with Crippen LogP contribution in [0.1, 0.15) is 32.0 Å². The first-order valence-corrected chi connectivity index (χ1v) is 11.2. The van der Waals surface area contributed by atoms with E-state index in [4.69, 9.17) is 4.74 Å². The Kier molecular flexibility index (Phi) is 5.96. The minimum atomic E-state index is -1.39. The van der Waals surface area contributed by atoms with E-state index >= 15 is 0 Å². The summed E-state index contributed by atoms with van der Waals surface area (Å²) in [6.07, 6.45) is 3.12. The number of hydrogen-bond acceptors (Lipinski definition) is 2. The fraction of sp³-hybridized carbons (Fsp3) is 0.500. The van der Waals surface area contributed by atoms with Crippen LogP contribution in [0.3, 0.4) is 0 Å². The van der Waals surface area contributed by atoms with Gasteiger partial charge in [0.2, 0.25) is 0 Å². The van der Waals surface area contributed by atoms with Crippen molar-refractivity contribution < 1.29 is 4.74 Å². The second kappa shape index (κ2) is 7.08. The SMILES string of the molecule is C=C(OCC)C(=C)c1cc(CC(C)C)c([Si](C)(C)C)cn1. The molecule has 116 valence electrons. The second-order valence-corrected chi connectivity index (χ2v) is 11.9. The molecule has 3 heteroatoms. The largest absolute Gasteiger partial charge is 0.494 e. The predicted octanol–water partition coefficient (Wildman–Crippen LogP) is 4.39. The molecule has 0 radical (unpaired) electrons. The van der Waals surface area contributed by atoms with Crippen LogP contribution in [0, 0.1) is 5.92 Å². The van der Waals surface area contributed by atoms with E-state index in [1.54, 1.807) is 0 Å². The molecular formula is C18H29NOSi. The Bertz CT molecular complexity index is 527. The first kappa shape index (κ1) is 17.7. The van der Waals surface area contributed by atoms with Gasteiger partial charge in [0.25, 0.3) is 0 Å². The van der Waals surface area contributed by atoms with Crippen LogP contribution in [0.5, 0.6) is 0 Å². The van der Waals surface area contributed by atoms with Gasteiger partial charge in [-0.05, 0) is 36.1 Å². The normalized spacial score (nSPS) is 11.6. The zero-order chi connectivity index (χ0) is 16.2. The molecule has 0 aliphatic rings. The summed E-state index contributed by atoms with van der Waals surface area (Å²) in [7, 11) is -1.39. The van der Waals surface area contributed by atoms with E-state index in [1.165, 1.54) is 10.8 Å². The first-order valence-electron chi connectivity index (χ1n) is 7.67. The summed E-state index contributed by atoms with van der Waals surface area (Å²) in [5, 5.41) is 1.44. The smallest absolute Gasteiger partial charge is 0.120 e. The lowest BCUT2D eigenvalue weighted by atomic mass is 10.0. The molecule has 2 nitrogen and oxygen atoms in total. The van der Waals surface area contributed by atoms with Crippen molar-refractivity contribution in [2.75, 3.05) is 6.61 Å². The van der Waals surface area contributed by atoms with Gasteiger partial charge in [-0.2, -0.15) is 0 Å². The lowest BCUT2D eigenvalue weighted by Gasteiger charge is -2.22. The van der Waals surface area contributed by atoms with Gasteiger partial charge in [0.15, 0.2) is 0 Å². The quantitative estimate of drug-likeness (QED) is 0.423. The van der Waals surface area contributed by atoms with E-state index in [-0.39, 0.29) is 0 Å².